The number of benzene rings is 2. The number of ether oxygens (including phenoxy) is 1. The Morgan fingerprint density at radius 2 is 1.67 bits per heavy atom. The quantitative estimate of drug-likeness (QED) is 0.319. The van der Waals surface area contributed by atoms with Gasteiger partial charge in [0.2, 0.25) is 0 Å². The number of carbonyl (C=O) groups is 3. The van der Waals surface area contributed by atoms with Crippen molar-refractivity contribution in [2.75, 3.05) is 6.61 Å². The molecule has 0 aliphatic carbocycles. The molecule has 1 fully saturated rings. The largest absolute Gasteiger partial charge is 0.507 e. The van der Waals surface area contributed by atoms with E-state index in [0.717, 1.165) is 0 Å². The zero-order chi connectivity index (χ0) is 23.5. The Bertz CT molecular complexity index is 1210. The number of aliphatic hydroxyl groups excluding tert-OH is 1. The first-order valence-electron chi connectivity index (χ1n) is 10.3. The molecule has 1 atom stereocenters. The number of hydrogen-bond acceptors (Lipinski definition) is 6. The Labute approximate surface area is 189 Å². The van der Waals surface area contributed by atoms with Gasteiger partial charge in [0.15, 0.2) is 0 Å². The number of aromatic carboxylic acids is 1. The van der Waals surface area contributed by atoms with Crippen LogP contribution in [-0.4, -0.2) is 39.4 Å². The van der Waals surface area contributed by atoms with Crippen LogP contribution < -0.4 is 4.74 Å². The van der Waals surface area contributed by atoms with Crippen molar-refractivity contribution in [2.45, 2.75) is 19.5 Å². The van der Waals surface area contributed by atoms with Crippen molar-refractivity contribution in [1.82, 2.24) is 4.90 Å². The van der Waals surface area contributed by atoms with E-state index in [0.29, 0.717) is 29.2 Å². The first-order chi connectivity index (χ1) is 15.9. The van der Waals surface area contributed by atoms with Crippen LogP contribution in [0.2, 0.25) is 0 Å². The Hall–Kier alpha value is -4.33. The van der Waals surface area contributed by atoms with Gasteiger partial charge in [-0.2, -0.15) is 0 Å². The molecule has 1 aliphatic heterocycles. The lowest BCUT2D eigenvalue weighted by atomic mass is 9.99. The summed E-state index contributed by atoms with van der Waals surface area (Å²) >= 11 is 0. The van der Waals surface area contributed by atoms with Crippen molar-refractivity contribution in [3.05, 3.63) is 95.0 Å². The summed E-state index contributed by atoms with van der Waals surface area (Å²) < 4.78 is 10.9. The summed E-state index contributed by atoms with van der Waals surface area (Å²) in [4.78, 5) is 38.3. The summed E-state index contributed by atoms with van der Waals surface area (Å²) in [5.41, 5.74) is 1.01. The van der Waals surface area contributed by atoms with Crippen LogP contribution in [0.4, 0.5) is 0 Å². The van der Waals surface area contributed by atoms with Gasteiger partial charge in [-0.1, -0.05) is 12.1 Å². The van der Waals surface area contributed by atoms with Crippen molar-refractivity contribution in [2.24, 2.45) is 0 Å². The highest BCUT2D eigenvalue weighted by molar-refractivity contribution is 6.46. The number of likely N-dealkylation sites (tertiary alicyclic amines) is 1. The molecule has 1 amide bonds. The van der Waals surface area contributed by atoms with Crippen molar-refractivity contribution >= 4 is 23.4 Å². The van der Waals surface area contributed by atoms with Gasteiger partial charge in [-0.25, -0.2) is 4.79 Å². The highest BCUT2D eigenvalue weighted by Crippen LogP contribution is 2.40. The summed E-state index contributed by atoms with van der Waals surface area (Å²) in [5, 5.41) is 20.1. The number of carbonyl (C=O) groups excluding carboxylic acids is 2. The Morgan fingerprint density at radius 1 is 1.00 bits per heavy atom. The highest BCUT2D eigenvalue weighted by atomic mass is 16.5. The minimum absolute atomic E-state index is 0.0237. The normalized spacial score (nSPS) is 17.4. The highest BCUT2D eigenvalue weighted by Gasteiger charge is 2.47. The number of aliphatic hydroxyl groups is 1. The number of ketones is 1. The van der Waals surface area contributed by atoms with Crippen molar-refractivity contribution in [3.63, 3.8) is 0 Å². The second-order valence-corrected chi connectivity index (χ2v) is 7.40. The fourth-order valence-corrected chi connectivity index (χ4v) is 3.77. The Morgan fingerprint density at radius 3 is 2.24 bits per heavy atom. The number of nitrogens with zero attached hydrogens (tertiary/aromatic N) is 1. The maximum Gasteiger partial charge on any atom is 0.335 e. The summed E-state index contributed by atoms with van der Waals surface area (Å²) in [6, 6.07) is 14.9. The maximum atomic E-state index is 13.0. The molecule has 0 spiro atoms. The van der Waals surface area contributed by atoms with E-state index in [4.69, 9.17) is 14.3 Å². The minimum Gasteiger partial charge on any atom is -0.507 e. The van der Waals surface area contributed by atoms with E-state index >= 15 is 0 Å². The molecule has 1 saturated heterocycles. The van der Waals surface area contributed by atoms with Crippen LogP contribution in [0, 0.1) is 0 Å². The van der Waals surface area contributed by atoms with Gasteiger partial charge in [0.1, 0.15) is 23.3 Å². The Balaban J connectivity index is 1.74. The average Bonchev–Trinajstić information content (AvgIpc) is 3.42. The second kappa shape index (κ2) is 9.04. The van der Waals surface area contributed by atoms with E-state index in [1.807, 2.05) is 6.92 Å². The lowest BCUT2D eigenvalue weighted by Crippen LogP contribution is -2.29. The van der Waals surface area contributed by atoms with Crippen LogP contribution in [0.15, 0.2) is 76.9 Å². The van der Waals surface area contributed by atoms with E-state index in [1.165, 1.54) is 23.3 Å². The summed E-state index contributed by atoms with van der Waals surface area (Å²) in [6.45, 7) is 2.37. The van der Waals surface area contributed by atoms with Crippen LogP contribution in [0.25, 0.3) is 5.76 Å². The van der Waals surface area contributed by atoms with Crippen molar-refractivity contribution in [3.8, 4) is 5.75 Å². The molecule has 8 nitrogen and oxygen atoms in total. The minimum atomic E-state index is -1.06. The standard InChI is InChI=1S/C25H21NO7/c1-2-32-18-11-9-16(10-12-18)22(27)20-21(19-4-3-13-33-19)26(24(29)23(20)28)14-15-5-7-17(8-6-15)25(30)31/h3-13,21,27H,2,14H2,1H3,(H,30,31)/b22-20-. The first kappa shape index (κ1) is 21.9. The topological polar surface area (TPSA) is 117 Å². The van der Waals surface area contributed by atoms with Gasteiger partial charge in [0.25, 0.3) is 11.7 Å². The van der Waals surface area contributed by atoms with E-state index in [-0.39, 0.29) is 23.4 Å². The fourth-order valence-electron chi connectivity index (χ4n) is 3.77. The summed E-state index contributed by atoms with van der Waals surface area (Å²) in [5.74, 6) is -2.06. The van der Waals surface area contributed by atoms with Crippen LogP contribution in [-0.2, 0) is 16.1 Å². The van der Waals surface area contributed by atoms with Crippen LogP contribution >= 0.6 is 0 Å². The molecule has 2 heterocycles. The van der Waals surface area contributed by atoms with Crippen LogP contribution in [0.3, 0.4) is 0 Å². The maximum absolute atomic E-state index is 13.0. The van der Waals surface area contributed by atoms with Gasteiger partial charge < -0.3 is 24.3 Å². The van der Waals surface area contributed by atoms with Gasteiger partial charge >= 0.3 is 5.97 Å². The predicted octanol–water partition coefficient (Wildman–Crippen LogP) is 4.00. The van der Waals surface area contributed by atoms with Gasteiger partial charge in [0, 0.05) is 12.1 Å². The molecule has 33 heavy (non-hydrogen) atoms. The molecule has 2 aromatic carbocycles. The van der Waals surface area contributed by atoms with Gasteiger partial charge in [-0.3, -0.25) is 9.59 Å². The molecule has 1 aromatic heterocycles. The molecule has 1 unspecified atom stereocenters. The third-order valence-corrected chi connectivity index (χ3v) is 5.35. The number of hydrogen-bond donors (Lipinski definition) is 2. The molecule has 0 radical (unpaired) electrons. The van der Waals surface area contributed by atoms with Crippen molar-refractivity contribution in [1.29, 1.82) is 0 Å². The fraction of sp³-hybridized carbons (Fsp3) is 0.160. The number of furan rings is 1. The molecule has 0 saturated carbocycles. The van der Waals surface area contributed by atoms with Crippen LogP contribution in [0.1, 0.15) is 40.2 Å². The number of carboxylic acids is 1. The number of carboxylic acid groups (broad SMARTS) is 1. The molecule has 1 aliphatic rings. The lowest BCUT2D eigenvalue weighted by Gasteiger charge is -2.23. The zero-order valence-corrected chi connectivity index (χ0v) is 17.7. The molecule has 3 aromatic rings. The number of Topliss-reactive ketones (excluding diaryl/α,β-unsaturated/α-hetero) is 1. The van der Waals surface area contributed by atoms with Gasteiger partial charge in [-0.05, 0) is 61.0 Å². The molecule has 4 rings (SSSR count). The van der Waals surface area contributed by atoms with E-state index < -0.39 is 23.7 Å². The molecule has 0 bridgehead atoms. The SMILES string of the molecule is CCOc1ccc(/C(O)=C2/C(=O)C(=O)N(Cc3ccc(C(=O)O)cc3)C2c2ccco2)cc1. The Kier molecular flexibility index (Phi) is 5.99. The molecular formula is C25H21NO7. The smallest absolute Gasteiger partial charge is 0.335 e. The second-order valence-electron chi connectivity index (χ2n) is 7.40. The number of rotatable bonds is 7. The third kappa shape index (κ3) is 4.23. The lowest BCUT2D eigenvalue weighted by molar-refractivity contribution is -0.140. The molecule has 8 heteroatoms. The molecule has 2 N–H and O–H groups in total. The van der Waals surface area contributed by atoms with Crippen LogP contribution in [0.5, 0.6) is 5.75 Å². The first-order valence-corrected chi connectivity index (χ1v) is 10.3. The molecule has 168 valence electrons. The zero-order valence-electron chi connectivity index (χ0n) is 17.7. The van der Waals surface area contributed by atoms with E-state index in [1.54, 1.807) is 48.5 Å². The monoisotopic (exact) mass is 447 g/mol. The van der Waals surface area contributed by atoms with Gasteiger partial charge in [0.05, 0.1) is 24.0 Å². The number of amides is 1. The van der Waals surface area contributed by atoms with E-state index in [9.17, 15) is 19.5 Å². The summed E-state index contributed by atoms with van der Waals surface area (Å²) in [6.07, 6.45) is 1.42. The van der Waals surface area contributed by atoms with Gasteiger partial charge in [-0.15, -0.1) is 0 Å². The van der Waals surface area contributed by atoms with E-state index in [2.05, 4.69) is 0 Å². The predicted molar refractivity (Wildman–Crippen MR) is 118 cm³/mol. The average molecular weight is 447 g/mol. The summed E-state index contributed by atoms with van der Waals surface area (Å²) in [7, 11) is 0. The molecular weight excluding hydrogens is 426 g/mol. The van der Waals surface area contributed by atoms with Crippen molar-refractivity contribution < 1.29 is 33.8 Å². The third-order valence-electron chi connectivity index (χ3n) is 5.35.